The molecule has 0 bridgehead atoms. The predicted octanol–water partition coefficient (Wildman–Crippen LogP) is 0.134. The smallest absolute Gasteiger partial charge is 0.165 e. The van der Waals surface area contributed by atoms with E-state index in [0.717, 1.165) is 0 Å². The fourth-order valence-electron chi connectivity index (χ4n) is 0.290. The molecular weight excluding hydrogens is 208 g/mol. The second-order valence-electron chi connectivity index (χ2n) is 1.63. The van der Waals surface area contributed by atoms with Crippen LogP contribution in [-0.2, 0) is 9.84 Å². The number of hydrogen-bond acceptors (Lipinski definition) is 3. The quantitative estimate of drug-likeness (QED) is 0.684. The third-order valence-electron chi connectivity index (χ3n) is 0.871. The lowest BCUT2D eigenvalue weighted by atomic mass is 10.9. The number of rotatable bonds is 3. The first kappa shape index (κ1) is 9.39. The summed E-state index contributed by atoms with van der Waals surface area (Å²) in [6, 6.07) is 0. The second kappa shape index (κ2) is 3.53. The Morgan fingerprint density at radius 1 is 1.67 bits per heavy atom. The Hall–Kier alpha value is 0.390. The molecule has 1 N–H and O–H groups in total. The number of aliphatic hydroxyl groups excluding tert-OH is 1. The third kappa shape index (κ3) is 3.17. The van der Waals surface area contributed by atoms with Crippen LogP contribution in [0.5, 0.6) is 0 Å². The molecule has 0 aromatic rings. The molecule has 0 radical (unpaired) electrons. The lowest BCUT2D eigenvalue weighted by molar-refractivity contribution is 0.319. The van der Waals surface area contributed by atoms with Gasteiger partial charge in [-0.3, -0.25) is 0 Å². The lowest BCUT2D eigenvalue weighted by Gasteiger charge is -2.01. The van der Waals surface area contributed by atoms with Gasteiger partial charge in [0.05, 0.1) is 12.4 Å². The van der Waals surface area contributed by atoms with E-state index in [0.29, 0.717) is 0 Å². The molecule has 0 rings (SSSR count). The molecule has 5 heteroatoms. The first-order chi connectivity index (χ1) is 4.00. The summed E-state index contributed by atoms with van der Waals surface area (Å²) in [5.74, 6) is -0.167. The Labute approximate surface area is 63.1 Å². The Morgan fingerprint density at radius 2 is 2.11 bits per heavy atom. The van der Waals surface area contributed by atoms with E-state index in [4.69, 9.17) is 5.11 Å². The molecule has 0 saturated heterocycles. The first-order valence-corrected chi connectivity index (χ1v) is 5.10. The fourth-order valence-corrected chi connectivity index (χ4v) is 1.43. The lowest BCUT2D eigenvalue weighted by Crippen LogP contribution is -2.17. The minimum atomic E-state index is -3.08. The molecule has 0 saturated carbocycles. The highest BCUT2D eigenvalue weighted by atomic mass is 79.9. The molecule has 0 aromatic heterocycles. The highest BCUT2D eigenvalue weighted by Gasteiger charge is 2.15. The van der Waals surface area contributed by atoms with Crippen molar-refractivity contribution < 1.29 is 13.5 Å². The number of hydrogen-bond donors (Lipinski definition) is 1. The molecule has 0 aliphatic carbocycles. The van der Waals surface area contributed by atoms with Crippen LogP contribution >= 0.6 is 15.9 Å². The van der Waals surface area contributed by atoms with Crippen molar-refractivity contribution >= 4 is 25.8 Å². The van der Waals surface area contributed by atoms with Crippen molar-refractivity contribution in [3.63, 3.8) is 0 Å². The van der Waals surface area contributed by atoms with Crippen LogP contribution in [0.3, 0.4) is 0 Å². The number of alkyl halides is 1. The van der Waals surface area contributed by atoms with E-state index < -0.39 is 14.0 Å². The normalized spacial score (nSPS) is 15.4. The molecule has 0 spiro atoms. The molecule has 0 aliphatic rings. The molecule has 0 amide bonds. The molecular formula is C4H9BrO3S. The van der Waals surface area contributed by atoms with Gasteiger partial charge in [-0.05, 0) is 6.92 Å². The maximum absolute atomic E-state index is 10.7. The van der Waals surface area contributed by atoms with Crippen molar-refractivity contribution in [2.45, 2.75) is 11.1 Å². The minimum absolute atomic E-state index is 0.167. The van der Waals surface area contributed by atoms with E-state index in [2.05, 4.69) is 15.9 Å². The second-order valence-corrected chi connectivity index (χ2v) is 6.05. The topological polar surface area (TPSA) is 54.4 Å². The van der Waals surface area contributed by atoms with Crippen molar-refractivity contribution in [1.82, 2.24) is 0 Å². The molecule has 3 nitrogen and oxygen atoms in total. The van der Waals surface area contributed by atoms with Gasteiger partial charge in [0.2, 0.25) is 0 Å². The van der Waals surface area contributed by atoms with Gasteiger partial charge in [0.15, 0.2) is 9.84 Å². The maximum Gasteiger partial charge on any atom is 0.165 e. The summed E-state index contributed by atoms with van der Waals surface area (Å²) < 4.78 is 20.9. The highest BCUT2D eigenvalue weighted by molar-refractivity contribution is 9.11. The van der Waals surface area contributed by atoms with Crippen molar-refractivity contribution in [3.05, 3.63) is 0 Å². The number of halogens is 1. The molecule has 1 atom stereocenters. The molecule has 0 aromatic carbocycles. The average Bonchev–Trinajstić information content (AvgIpc) is 1.65. The van der Waals surface area contributed by atoms with E-state index in [1.807, 2.05) is 0 Å². The molecule has 9 heavy (non-hydrogen) atoms. The summed E-state index contributed by atoms with van der Waals surface area (Å²) in [4.78, 5) is 0. The molecule has 0 fully saturated rings. The van der Waals surface area contributed by atoms with Gasteiger partial charge in [-0.2, -0.15) is 0 Å². The van der Waals surface area contributed by atoms with Gasteiger partial charge in [0, 0.05) is 0 Å². The van der Waals surface area contributed by atoms with Gasteiger partial charge in [-0.15, -0.1) is 0 Å². The zero-order valence-corrected chi connectivity index (χ0v) is 7.44. The monoisotopic (exact) mass is 216 g/mol. The molecule has 0 heterocycles. The zero-order valence-electron chi connectivity index (χ0n) is 5.04. The van der Waals surface area contributed by atoms with Crippen LogP contribution in [0.25, 0.3) is 0 Å². The molecule has 0 aliphatic heterocycles. The van der Waals surface area contributed by atoms with Crippen LogP contribution in [0.1, 0.15) is 6.92 Å². The van der Waals surface area contributed by atoms with Crippen LogP contribution in [0, 0.1) is 0 Å². The van der Waals surface area contributed by atoms with Crippen LogP contribution < -0.4 is 0 Å². The largest absolute Gasteiger partial charge is 0.395 e. The average molecular weight is 217 g/mol. The summed E-state index contributed by atoms with van der Waals surface area (Å²) >= 11 is 2.90. The Bertz CT molecular complexity index is 161. The van der Waals surface area contributed by atoms with Gasteiger partial charge in [-0.25, -0.2) is 8.42 Å². The van der Waals surface area contributed by atoms with E-state index in [9.17, 15) is 8.42 Å². The summed E-state index contributed by atoms with van der Waals surface area (Å²) in [6.45, 7) is 1.21. The summed E-state index contributed by atoms with van der Waals surface area (Å²) in [5, 5.41) is 8.25. The highest BCUT2D eigenvalue weighted by Crippen LogP contribution is 2.07. The van der Waals surface area contributed by atoms with Gasteiger partial charge < -0.3 is 5.11 Å². The van der Waals surface area contributed by atoms with E-state index in [1.165, 1.54) is 6.92 Å². The van der Waals surface area contributed by atoms with Crippen molar-refractivity contribution in [2.75, 3.05) is 12.4 Å². The van der Waals surface area contributed by atoms with Crippen LogP contribution in [0.2, 0.25) is 0 Å². The number of aliphatic hydroxyl groups is 1. The van der Waals surface area contributed by atoms with Crippen LogP contribution in [-0.4, -0.2) is 30.0 Å². The van der Waals surface area contributed by atoms with Crippen LogP contribution in [0.4, 0.5) is 0 Å². The Kier molecular flexibility index (Phi) is 3.68. The van der Waals surface area contributed by atoms with Crippen molar-refractivity contribution in [1.29, 1.82) is 0 Å². The van der Waals surface area contributed by atoms with Crippen molar-refractivity contribution in [3.8, 4) is 0 Å². The zero-order chi connectivity index (χ0) is 7.49. The third-order valence-corrected chi connectivity index (χ3v) is 4.32. The summed E-state index contributed by atoms with van der Waals surface area (Å²) in [7, 11) is -3.08. The van der Waals surface area contributed by atoms with Gasteiger partial charge in [0.25, 0.3) is 0 Å². The van der Waals surface area contributed by atoms with Gasteiger partial charge >= 0.3 is 0 Å². The molecule has 1 unspecified atom stereocenters. The Morgan fingerprint density at radius 3 is 2.22 bits per heavy atom. The number of sulfone groups is 1. The summed E-state index contributed by atoms with van der Waals surface area (Å²) in [6.07, 6.45) is 0. The van der Waals surface area contributed by atoms with E-state index >= 15 is 0 Å². The fraction of sp³-hybridized carbons (Fsp3) is 1.00. The van der Waals surface area contributed by atoms with Crippen LogP contribution in [0.15, 0.2) is 0 Å². The SMILES string of the molecule is CC(Br)S(=O)(=O)CCO. The first-order valence-electron chi connectivity index (χ1n) is 2.47. The van der Waals surface area contributed by atoms with E-state index in [-0.39, 0.29) is 12.4 Å². The van der Waals surface area contributed by atoms with Crippen molar-refractivity contribution in [2.24, 2.45) is 0 Å². The predicted molar refractivity (Wildman–Crippen MR) is 39.3 cm³/mol. The van der Waals surface area contributed by atoms with Gasteiger partial charge in [0.1, 0.15) is 4.16 Å². The minimum Gasteiger partial charge on any atom is -0.395 e. The molecule has 56 valence electrons. The summed E-state index contributed by atoms with van der Waals surface area (Å²) in [5.41, 5.74) is 0. The van der Waals surface area contributed by atoms with Gasteiger partial charge in [-0.1, -0.05) is 15.9 Å². The maximum atomic E-state index is 10.7. The standard InChI is InChI=1S/C4H9BrO3S/c1-4(5)9(7,8)3-2-6/h4,6H,2-3H2,1H3. The van der Waals surface area contributed by atoms with E-state index in [1.54, 1.807) is 0 Å². The Balaban J connectivity index is 4.05.